The van der Waals surface area contributed by atoms with Gasteiger partial charge in [-0.05, 0) is 49.7 Å². The van der Waals surface area contributed by atoms with E-state index in [2.05, 4.69) is 10.6 Å². The van der Waals surface area contributed by atoms with Gasteiger partial charge in [-0.25, -0.2) is 4.79 Å². The van der Waals surface area contributed by atoms with E-state index in [0.29, 0.717) is 11.3 Å². The van der Waals surface area contributed by atoms with Crippen molar-refractivity contribution in [3.63, 3.8) is 0 Å². The highest BCUT2D eigenvalue weighted by Crippen LogP contribution is 2.23. The van der Waals surface area contributed by atoms with Gasteiger partial charge in [-0.2, -0.15) is 5.26 Å². The third-order valence-corrected chi connectivity index (χ3v) is 3.49. The largest absolute Gasteiger partial charge is 0.497 e. The lowest BCUT2D eigenvalue weighted by Crippen LogP contribution is -2.43. The van der Waals surface area contributed by atoms with Gasteiger partial charge < -0.3 is 15.4 Å². The first-order valence-corrected chi connectivity index (χ1v) is 7.18. The molecule has 2 N–H and O–H groups in total. The van der Waals surface area contributed by atoms with Crippen LogP contribution in [0.3, 0.4) is 0 Å². The quantitative estimate of drug-likeness (QED) is 0.905. The summed E-state index contributed by atoms with van der Waals surface area (Å²) in [7, 11) is 1.61. The van der Waals surface area contributed by atoms with E-state index in [0.717, 1.165) is 11.3 Å². The Morgan fingerprint density at radius 1 is 1.17 bits per heavy atom. The van der Waals surface area contributed by atoms with E-state index in [1.807, 2.05) is 44.2 Å². The van der Waals surface area contributed by atoms with Gasteiger partial charge in [0.1, 0.15) is 5.75 Å². The zero-order valence-corrected chi connectivity index (χ0v) is 13.4. The molecule has 5 nitrogen and oxygen atoms in total. The molecule has 0 aliphatic carbocycles. The van der Waals surface area contributed by atoms with Crippen molar-refractivity contribution >= 4 is 11.7 Å². The van der Waals surface area contributed by atoms with Gasteiger partial charge in [0.25, 0.3) is 0 Å². The number of amides is 2. The Labute approximate surface area is 135 Å². The molecule has 0 saturated heterocycles. The molecule has 2 aromatic carbocycles. The number of anilines is 1. The number of rotatable bonds is 4. The second kappa shape index (κ2) is 6.84. The minimum Gasteiger partial charge on any atom is -0.497 e. The standard InChI is InChI=1S/C18H19N3O2/c1-18(2,14-7-9-16(23-3)10-8-14)21-17(22)20-15-6-4-5-13(11-15)12-19/h4-11H,1-3H3,(H2,20,21,22). The predicted molar refractivity (Wildman–Crippen MR) is 89.3 cm³/mol. The highest BCUT2D eigenvalue weighted by molar-refractivity contribution is 5.90. The van der Waals surface area contributed by atoms with Crippen LogP contribution in [0.1, 0.15) is 25.0 Å². The maximum Gasteiger partial charge on any atom is 0.319 e. The van der Waals surface area contributed by atoms with Gasteiger partial charge in [0, 0.05) is 5.69 Å². The Balaban J connectivity index is 2.06. The van der Waals surface area contributed by atoms with Gasteiger partial charge in [-0.15, -0.1) is 0 Å². The van der Waals surface area contributed by atoms with Crippen LogP contribution in [-0.4, -0.2) is 13.1 Å². The topological polar surface area (TPSA) is 74.2 Å². The molecule has 23 heavy (non-hydrogen) atoms. The second-order valence-electron chi connectivity index (χ2n) is 5.63. The van der Waals surface area contributed by atoms with Crippen LogP contribution in [0.4, 0.5) is 10.5 Å². The van der Waals surface area contributed by atoms with E-state index in [-0.39, 0.29) is 6.03 Å². The molecule has 0 saturated carbocycles. The van der Waals surface area contributed by atoms with Crippen molar-refractivity contribution < 1.29 is 9.53 Å². The Hall–Kier alpha value is -3.00. The maximum atomic E-state index is 12.2. The van der Waals surface area contributed by atoms with Gasteiger partial charge in [0.2, 0.25) is 0 Å². The van der Waals surface area contributed by atoms with Crippen LogP contribution in [0.2, 0.25) is 0 Å². The molecule has 5 heteroatoms. The molecule has 2 amide bonds. The van der Waals surface area contributed by atoms with E-state index in [1.54, 1.807) is 31.4 Å². The lowest BCUT2D eigenvalue weighted by atomic mass is 9.94. The van der Waals surface area contributed by atoms with Crippen molar-refractivity contribution in [2.75, 3.05) is 12.4 Å². The summed E-state index contributed by atoms with van der Waals surface area (Å²) in [6.07, 6.45) is 0. The number of methoxy groups -OCH3 is 1. The van der Waals surface area contributed by atoms with E-state index in [9.17, 15) is 4.79 Å². The van der Waals surface area contributed by atoms with Crippen molar-refractivity contribution in [3.05, 3.63) is 59.7 Å². The van der Waals surface area contributed by atoms with Gasteiger partial charge >= 0.3 is 6.03 Å². The third kappa shape index (κ3) is 4.24. The molecule has 2 rings (SSSR count). The fraction of sp³-hybridized carbons (Fsp3) is 0.222. The lowest BCUT2D eigenvalue weighted by molar-refractivity contribution is 0.242. The van der Waals surface area contributed by atoms with Crippen LogP contribution >= 0.6 is 0 Å². The molecule has 118 valence electrons. The number of nitriles is 1. The van der Waals surface area contributed by atoms with Crippen molar-refractivity contribution in [1.29, 1.82) is 5.26 Å². The highest BCUT2D eigenvalue weighted by atomic mass is 16.5. The van der Waals surface area contributed by atoms with Gasteiger partial charge in [0.15, 0.2) is 0 Å². The number of nitrogens with zero attached hydrogens (tertiary/aromatic N) is 1. The monoisotopic (exact) mass is 309 g/mol. The van der Waals surface area contributed by atoms with Crippen LogP contribution in [0.15, 0.2) is 48.5 Å². The van der Waals surface area contributed by atoms with Crippen molar-refractivity contribution in [3.8, 4) is 11.8 Å². The van der Waals surface area contributed by atoms with Crippen molar-refractivity contribution in [1.82, 2.24) is 5.32 Å². The number of carbonyl (C=O) groups excluding carboxylic acids is 1. The molecular formula is C18H19N3O2. The average molecular weight is 309 g/mol. The molecule has 2 aromatic rings. The van der Waals surface area contributed by atoms with E-state index >= 15 is 0 Å². The number of urea groups is 1. The third-order valence-electron chi connectivity index (χ3n) is 3.49. The van der Waals surface area contributed by atoms with Crippen LogP contribution in [-0.2, 0) is 5.54 Å². The zero-order valence-electron chi connectivity index (χ0n) is 13.4. The summed E-state index contributed by atoms with van der Waals surface area (Å²) >= 11 is 0. The number of benzene rings is 2. The predicted octanol–water partition coefficient (Wildman–Crippen LogP) is 3.62. The minimum absolute atomic E-state index is 0.332. The number of carbonyl (C=O) groups is 1. The normalized spacial score (nSPS) is 10.5. The van der Waals surface area contributed by atoms with E-state index in [4.69, 9.17) is 10.00 Å². The van der Waals surface area contributed by atoms with E-state index < -0.39 is 5.54 Å². The smallest absolute Gasteiger partial charge is 0.319 e. The fourth-order valence-corrected chi connectivity index (χ4v) is 2.19. The molecule has 0 aliphatic heterocycles. The highest BCUT2D eigenvalue weighted by Gasteiger charge is 2.22. The van der Waals surface area contributed by atoms with Gasteiger partial charge in [-0.3, -0.25) is 0 Å². The number of hydrogen-bond acceptors (Lipinski definition) is 3. The lowest BCUT2D eigenvalue weighted by Gasteiger charge is -2.27. The minimum atomic E-state index is -0.552. The molecule has 0 radical (unpaired) electrons. The molecule has 0 bridgehead atoms. The Morgan fingerprint density at radius 2 is 1.87 bits per heavy atom. The summed E-state index contributed by atoms with van der Waals surface area (Å²) in [6, 6.07) is 16.0. The average Bonchev–Trinajstić information content (AvgIpc) is 2.54. The Bertz CT molecular complexity index is 731. The Morgan fingerprint density at radius 3 is 2.48 bits per heavy atom. The summed E-state index contributed by atoms with van der Waals surface area (Å²) in [6.45, 7) is 3.83. The van der Waals surface area contributed by atoms with Crippen LogP contribution in [0, 0.1) is 11.3 Å². The summed E-state index contributed by atoms with van der Waals surface area (Å²) < 4.78 is 5.14. The fourth-order valence-electron chi connectivity index (χ4n) is 2.19. The molecule has 0 unspecified atom stereocenters. The summed E-state index contributed by atoms with van der Waals surface area (Å²) in [4.78, 5) is 12.2. The van der Waals surface area contributed by atoms with Gasteiger partial charge in [-0.1, -0.05) is 18.2 Å². The molecule has 0 spiro atoms. The van der Waals surface area contributed by atoms with Crippen molar-refractivity contribution in [2.24, 2.45) is 0 Å². The second-order valence-corrected chi connectivity index (χ2v) is 5.63. The maximum absolute atomic E-state index is 12.2. The first kappa shape index (κ1) is 16.4. The van der Waals surface area contributed by atoms with Crippen LogP contribution in [0.25, 0.3) is 0 Å². The number of ether oxygens (including phenoxy) is 1. The number of hydrogen-bond donors (Lipinski definition) is 2. The molecule has 0 atom stereocenters. The SMILES string of the molecule is COc1ccc(C(C)(C)NC(=O)Nc2cccc(C#N)c2)cc1. The van der Waals surface area contributed by atoms with E-state index in [1.165, 1.54) is 0 Å². The molecule has 0 fully saturated rings. The first-order chi connectivity index (χ1) is 10.9. The summed E-state index contributed by atoms with van der Waals surface area (Å²) in [5, 5.41) is 14.5. The van der Waals surface area contributed by atoms with Crippen molar-refractivity contribution in [2.45, 2.75) is 19.4 Å². The first-order valence-electron chi connectivity index (χ1n) is 7.18. The molecule has 0 heterocycles. The molecule has 0 aromatic heterocycles. The van der Waals surface area contributed by atoms with Crippen LogP contribution < -0.4 is 15.4 Å². The number of nitrogens with one attached hydrogen (secondary N) is 2. The summed E-state index contributed by atoms with van der Waals surface area (Å²) in [5.41, 5.74) is 1.48. The summed E-state index contributed by atoms with van der Waals surface area (Å²) in [5.74, 6) is 0.766. The van der Waals surface area contributed by atoms with Gasteiger partial charge in [0.05, 0.1) is 24.3 Å². The zero-order chi connectivity index (χ0) is 16.9. The van der Waals surface area contributed by atoms with Crippen LogP contribution in [0.5, 0.6) is 5.75 Å². The molecular weight excluding hydrogens is 290 g/mol. The Kier molecular flexibility index (Phi) is 4.87. The molecule has 0 aliphatic rings.